The van der Waals surface area contributed by atoms with Crippen molar-refractivity contribution in [1.82, 2.24) is 0 Å². The molecule has 3 rings (SSSR count). The van der Waals surface area contributed by atoms with Crippen LogP contribution in [0.5, 0.6) is 0 Å². The van der Waals surface area contributed by atoms with E-state index in [2.05, 4.69) is 0 Å². The van der Waals surface area contributed by atoms with Gasteiger partial charge in [0.05, 0.1) is 6.61 Å². The maximum absolute atomic E-state index is 12.2. The summed E-state index contributed by atoms with van der Waals surface area (Å²) in [7, 11) is -3.83. The lowest BCUT2D eigenvalue weighted by molar-refractivity contribution is -0.199. The third-order valence-corrected chi connectivity index (χ3v) is 6.32. The predicted molar refractivity (Wildman–Crippen MR) is 65.3 cm³/mol. The van der Waals surface area contributed by atoms with Crippen molar-refractivity contribution in [3.8, 4) is 0 Å². The number of rotatable bonds is 2. The molecule has 7 nitrogen and oxygen atoms in total. The number of carbonyl (C=O) groups is 2. The minimum absolute atomic E-state index is 0.0958. The van der Waals surface area contributed by atoms with Gasteiger partial charge in [-0.25, -0.2) is 4.79 Å². The van der Waals surface area contributed by atoms with E-state index in [0.29, 0.717) is 0 Å². The summed E-state index contributed by atoms with van der Waals surface area (Å²) in [5, 5.41) is -0.985. The molecule has 2 bridgehead atoms. The molecule has 0 aromatic rings. The van der Waals surface area contributed by atoms with Crippen molar-refractivity contribution in [3.05, 3.63) is 0 Å². The second-order valence-electron chi connectivity index (χ2n) is 5.45. The zero-order valence-corrected chi connectivity index (χ0v) is 12.1. The molecule has 3 aliphatic heterocycles. The molecule has 0 aromatic carbocycles. The molecule has 3 aliphatic rings. The van der Waals surface area contributed by atoms with E-state index >= 15 is 0 Å². The summed E-state index contributed by atoms with van der Waals surface area (Å²) in [5.41, 5.74) is -2.89. The predicted octanol–water partition coefficient (Wildman–Crippen LogP) is -0.0726. The van der Waals surface area contributed by atoms with Crippen LogP contribution >= 0.6 is 0 Å². The van der Waals surface area contributed by atoms with Crippen molar-refractivity contribution in [2.75, 3.05) is 6.61 Å². The Balaban J connectivity index is 2.08. The van der Waals surface area contributed by atoms with Gasteiger partial charge in [0.2, 0.25) is 5.60 Å². The molecule has 4 atom stereocenters. The normalized spacial score (nSPS) is 45.2. The Hall–Kier alpha value is -0.990. The third-order valence-electron chi connectivity index (χ3n) is 4.50. The fourth-order valence-corrected chi connectivity index (χ4v) is 5.47. The van der Waals surface area contributed by atoms with Crippen LogP contribution in [0.1, 0.15) is 33.1 Å². The molecule has 20 heavy (non-hydrogen) atoms. The highest BCUT2D eigenvalue weighted by Gasteiger charge is 2.75. The molecule has 3 saturated heterocycles. The summed E-state index contributed by atoms with van der Waals surface area (Å²) in [6.45, 7) is 3.32. The van der Waals surface area contributed by atoms with E-state index in [1.807, 2.05) is 0 Å². The lowest BCUT2D eigenvalue weighted by Crippen LogP contribution is -2.56. The average molecular weight is 304 g/mol. The van der Waals surface area contributed by atoms with Crippen LogP contribution in [0.2, 0.25) is 0 Å². The molecule has 0 N–H and O–H groups in total. The van der Waals surface area contributed by atoms with E-state index in [9.17, 15) is 18.0 Å². The van der Waals surface area contributed by atoms with Gasteiger partial charge in [0.25, 0.3) is 10.1 Å². The Morgan fingerprint density at radius 2 is 2.20 bits per heavy atom. The fraction of sp³-hybridized carbons (Fsp3) is 0.833. The highest BCUT2D eigenvalue weighted by Crippen LogP contribution is 2.55. The van der Waals surface area contributed by atoms with Crippen LogP contribution in [0.25, 0.3) is 0 Å². The first-order valence-corrected chi connectivity index (χ1v) is 8.08. The Labute approximate surface area is 116 Å². The Kier molecular flexibility index (Phi) is 2.81. The first-order chi connectivity index (χ1) is 9.28. The van der Waals surface area contributed by atoms with Crippen LogP contribution in [0.3, 0.4) is 0 Å². The van der Waals surface area contributed by atoms with Gasteiger partial charge < -0.3 is 9.47 Å². The van der Waals surface area contributed by atoms with Gasteiger partial charge >= 0.3 is 5.97 Å². The van der Waals surface area contributed by atoms with Crippen molar-refractivity contribution < 1.29 is 31.7 Å². The Bertz CT molecular complexity index is 583. The number of fused-ring (bicyclic) bond motifs is 1. The van der Waals surface area contributed by atoms with Crippen LogP contribution in [0, 0.1) is 0 Å². The zero-order valence-electron chi connectivity index (χ0n) is 11.2. The van der Waals surface area contributed by atoms with Crippen LogP contribution in [-0.2, 0) is 33.4 Å². The average Bonchev–Trinajstić information content (AvgIpc) is 2.76. The van der Waals surface area contributed by atoms with E-state index in [0.717, 1.165) is 0 Å². The maximum Gasteiger partial charge on any atom is 0.346 e. The van der Waals surface area contributed by atoms with Gasteiger partial charge in [-0.05, 0) is 20.3 Å². The summed E-state index contributed by atoms with van der Waals surface area (Å²) in [4.78, 5) is 24.3. The van der Waals surface area contributed by atoms with Gasteiger partial charge in [-0.3, -0.25) is 8.98 Å². The summed E-state index contributed by atoms with van der Waals surface area (Å²) >= 11 is 0. The minimum atomic E-state index is -3.83. The molecule has 8 heteroatoms. The molecule has 0 aromatic heterocycles. The van der Waals surface area contributed by atoms with Crippen LogP contribution < -0.4 is 0 Å². The molecule has 0 amide bonds. The Morgan fingerprint density at radius 1 is 1.50 bits per heavy atom. The number of ether oxygens (including phenoxy) is 2. The summed E-state index contributed by atoms with van der Waals surface area (Å²) in [6.07, 6.45) is -0.574. The van der Waals surface area contributed by atoms with E-state index in [1.165, 1.54) is 0 Å². The van der Waals surface area contributed by atoms with Crippen molar-refractivity contribution in [1.29, 1.82) is 0 Å². The quantitative estimate of drug-likeness (QED) is 0.400. The minimum Gasteiger partial charge on any atom is -0.464 e. The first-order valence-electron chi connectivity index (χ1n) is 6.61. The summed E-state index contributed by atoms with van der Waals surface area (Å²) in [6, 6.07) is 0. The molecule has 0 unspecified atom stereocenters. The largest absolute Gasteiger partial charge is 0.464 e. The van der Waals surface area contributed by atoms with E-state index in [-0.39, 0.29) is 25.9 Å². The van der Waals surface area contributed by atoms with Crippen molar-refractivity contribution in [3.63, 3.8) is 0 Å². The van der Waals surface area contributed by atoms with Gasteiger partial charge in [-0.2, -0.15) is 8.42 Å². The molecule has 0 saturated carbocycles. The highest BCUT2D eigenvalue weighted by atomic mass is 32.2. The number of hydrogen-bond donors (Lipinski definition) is 0. The van der Waals surface area contributed by atoms with Gasteiger partial charge in [0, 0.05) is 12.8 Å². The topological polar surface area (TPSA) is 96.0 Å². The number of carbonyl (C=O) groups excluding carboxylic acids is 2. The monoisotopic (exact) mass is 304 g/mol. The van der Waals surface area contributed by atoms with Crippen LogP contribution in [0.15, 0.2) is 0 Å². The van der Waals surface area contributed by atoms with Gasteiger partial charge in [0.1, 0.15) is 17.0 Å². The van der Waals surface area contributed by atoms with Gasteiger partial charge in [-0.15, -0.1) is 0 Å². The molecule has 1 spiro atoms. The summed E-state index contributed by atoms with van der Waals surface area (Å²) < 4.78 is 39.8. The van der Waals surface area contributed by atoms with Crippen molar-refractivity contribution >= 4 is 21.9 Å². The SMILES string of the molecule is CCOC(=O)[C@@]12C[C@H]3[C@@](CCC1=O)(O2)[C@H](C)OS3(=O)=O. The fourth-order valence-electron chi connectivity index (χ4n) is 3.49. The number of ketones is 1. The van der Waals surface area contributed by atoms with E-state index in [1.54, 1.807) is 13.8 Å². The smallest absolute Gasteiger partial charge is 0.346 e. The Morgan fingerprint density at radius 3 is 2.85 bits per heavy atom. The van der Waals surface area contributed by atoms with Gasteiger partial charge in [-0.1, -0.05) is 0 Å². The molecular formula is C12H16O7S. The second kappa shape index (κ2) is 4.02. The molecule has 3 fully saturated rings. The molecule has 3 heterocycles. The lowest BCUT2D eigenvalue weighted by Gasteiger charge is -2.37. The summed E-state index contributed by atoms with van der Waals surface area (Å²) in [5.74, 6) is -1.20. The molecule has 0 radical (unpaired) electrons. The lowest BCUT2D eigenvalue weighted by atomic mass is 9.88. The highest BCUT2D eigenvalue weighted by molar-refractivity contribution is 7.87. The molecule has 112 valence electrons. The number of Topliss-reactive ketones (excluding diaryl/α,β-unsaturated/α-hetero) is 1. The van der Waals surface area contributed by atoms with Crippen molar-refractivity contribution in [2.24, 2.45) is 0 Å². The molecular weight excluding hydrogens is 288 g/mol. The zero-order chi connectivity index (χ0) is 14.8. The second-order valence-corrected chi connectivity index (χ2v) is 7.20. The van der Waals surface area contributed by atoms with E-state index < -0.39 is 44.4 Å². The maximum atomic E-state index is 12.2. The molecule has 0 aliphatic carbocycles. The standard InChI is InChI=1S/C12H16O7S/c1-3-17-10(14)12-6-9-11(19-12,5-4-8(12)13)7(2)18-20(9,15)16/h7,9H,3-6H2,1-2H3/t7-,9-,11-,12+/m0/s1. The van der Waals surface area contributed by atoms with Crippen LogP contribution in [0.4, 0.5) is 0 Å². The van der Waals surface area contributed by atoms with Crippen LogP contribution in [-0.4, -0.2) is 49.3 Å². The third kappa shape index (κ3) is 1.49. The number of hydrogen-bond acceptors (Lipinski definition) is 7. The van der Waals surface area contributed by atoms with Crippen molar-refractivity contribution in [2.45, 2.75) is 55.7 Å². The van der Waals surface area contributed by atoms with E-state index in [4.69, 9.17) is 13.7 Å². The number of esters is 1. The van der Waals surface area contributed by atoms with Gasteiger partial charge in [0.15, 0.2) is 5.78 Å². The first kappa shape index (κ1) is 14.0.